The monoisotopic (exact) mass is 511 g/mol. The first-order valence-corrected chi connectivity index (χ1v) is 12.4. The Morgan fingerprint density at radius 1 is 1.06 bits per heavy atom. The lowest BCUT2D eigenvalue weighted by Gasteiger charge is -2.26. The molecule has 0 unspecified atom stereocenters. The van der Waals surface area contributed by atoms with Crippen LogP contribution in [0.2, 0.25) is 0 Å². The van der Waals surface area contributed by atoms with E-state index < -0.39 is 15.7 Å². The van der Waals surface area contributed by atoms with Crippen molar-refractivity contribution in [3.63, 3.8) is 0 Å². The van der Waals surface area contributed by atoms with Crippen molar-refractivity contribution in [1.82, 2.24) is 14.9 Å². The second kappa shape index (κ2) is 9.25. The largest absolute Gasteiger partial charge is 0.356 e. The number of hydrogen-bond donors (Lipinski definition) is 1. The number of aromatic nitrogens is 2. The molecule has 0 radical (unpaired) electrons. The molecule has 0 spiro atoms. The van der Waals surface area contributed by atoms with Crippen molar-refractivity contribution < 1.29 is 8.73 Å². The number of fused-ring (bicyclic) bond motifs is 1. The first kappa shape index (κ1) is 22.8. The van der Waals surface area contributed by atoms with Gasteiger partial charge in [0, 0.05) is 23.1 Å². The lowest BCUT2D eigenvalue weighted by atomic mass is 9.93. The third-order valence-electron chi connectivity index (χ3n) is 5.34. The number of halogens is 1. The van der Waals surface area contributed by atoms with Gasteiger partial charge in [0.25, 0.3) is 0 Å². The van der Waals surface area contributed by atoms with Crippen LogP contribution in [0.5, 0.6) is 0 Å². The summed E-state index contributed by atoms with van der Waals surface area (Å²) >= 11 is 3.48. The maximum atomic E-state index is 13.1. The SMILES string of the molecule is Cc1ccc(Br)nc1C[C@H](N[S@@](=O)C(C)(C)C)c1ccccc1-c1noc2ccccc12. The predicted octanol–water partition coefficient (Wildman–Crippen LogP) is 6.30. The highest BCUT2D eigenvalue weighted by atomic mass is 79.9. The van der Waals surface area contributed by atoms with Gasteiger partial charge in [-0.25, -0.2) is 13.9 Å². The summed E-state index contributed by atoms with van der Waals surface area (Å²) in [6.45, 7) is 7.94. The summed E-state index contributed by atoms with van der Waals surface area (Å²) in [4.78, 5) is 4.69. The quantitative estimate of drug-likeness (QED) is 0.308. The fraction of sp³-hybridized carbons (Fsp3) is 0.280. The van der Waals surface area contributed by atoms with Crippen LogP contribution in [0.15, 0.2) is 69.8 Å². The average molecular weight is 512 g/mol. The number of aryl methyl sites for hydroxylation is 1. The molecule has 0 saturated carbocycles. The molecule has 0 aliphatic rings. The van der Waals surface area contributed by atoms with E-state index in [0.717, 1.165) is 43.7 Å². The summed E-state index contributed by atoms with van der Waals surface area (Å²) < 4.78 is 22.5. The number of hydrogen-bond acceptors (Lipinski definition) is 4. The summed E-state index contributed by atoms with van der Waals surface area (Å²) in [6.07, 6.45) is 0.583. The maximum Gasteiger partial charge on any atom is 0.167 e. The number of nitrogens with one attached hydrogen (secondary N) is 1. The van der Waals surface area contributed by atoms with E-state index in [9.17, 15) is 4.21 Å². The molecular weight excluding hydrogens is 486 g/mol. The van der Waals surface area contributed by atoms with Crippen LogP contribution in [0.4, 0.5) is 0 Å². The van der Waals surface area contributed by atoms with Crippen molar-refractivity contribution in [3.8, 4) is 11.3 Å². The van der Waals surface area contributed by atoms with Crippen LogP contribution >= 0.6 is 15.9 Å². The van der Waals surface area contributed by atoms with Gasteiger partial charge in [0.2, 0.25) is 0 Å². The van der Waals surface area contributed by atoms with Gasteiger partial charge in [0.15, 0.2) is 5.58 Å². The third-order valence-corrected chi connectivity index (χ3v) is 7.39. The number of benzene rings is 2. The summed E-state index contributed by atoms with van der Waals surface area (Å²) in [5, 5.41) is 5.32. The molecule has 0 amide bonds. The lowest BCUT2D eigenvalue weighted by molar-refractivity contribution is 0.459. The van der Waals surface area contributed by atoms with Gasteiger partial charge < -0.3 is 4.52 Å². The molecule has 2 heterocycles. The van der Waals surface area contributed by atoms with Gasteiger partial charge in [0.05, 0.1) is 21.8 Å². The molecule has 166 valence electrons. The van der Waals surface area contributed by atoms with Crippen molar-refractivity contribution >= 4 is 37.9 Å². The van der Waals surface area contributed by atoms with E-state index in [1.54, 1.807) is 0 Å². The Morgan fingerprint density at radius 2 is 1.78 bits per heavy atom. The van der Waals surface area contributed by atoms with Crippen LogP contribution in [0.25, 0.3) is 22.2 Å². The van der Waals surface area contributed by atoms with E-state index in [-0.39, 0.29) is 6.04 Å². The Kier molecular flexibility index (Phi) is 6.60. The highest BCUT2D eigenvalue weighted by molar-refractivity contribution is 9.10. The molecule has 0 saturated heterocycles. The molecule has 0 bridgehead atoms. The van der Waals surface area contributed by atoms with Gasteiger partial charge in [-0.15, -0.1) is 0 Å². The maximum absolute atomic E-state index is 13.1. The van der Waals surface area contributed by atoms with Crippen molar-refractivity contribution in [1.29, 1.82) is 0 Å². The zero-order valence-corrected chi connectivity index (χ0v) is 21.0. The van der Waals surface area contributed by atoms with Crippen molar-refractivity contribution in [2.75, 3.05) is 0 Å². The Bertz CT molecular complexity index is 1280. The molecular formula is C25H26BrN3O2S. The molecule has 4 rings (SSSR count). The Hall–Kier alpha value is -2.35. The van der Waals surface area contributed by atoms with E-state index in [1.807, 2.05) is 82.3 Å². The van der Waals surface area contributed by atoms with E-state index >= 15 is 0 Å². The Labute approximate surface area is 199 Å². The molecule has 32 heavy (non-hydrogen) atoms. The molecule has 2 aromatic heterocycles. The minimum Gasteiger partial charge on any atom is -0.356 e. The van der Waals surface area contributed by atoms with Gasteiger partial charge >= 0.3 is 0 Å². The van der Waals surface area contributed by atoms with Gasteiger partial charge in [0.1, 0.15) is 10.3 Å². The van der Waals surface area contributed by atoms with Crippen molar-refractivity contribution in [2.45, 2.75) is 44.9 Å². The molecule has 2 aromatic carbocycles. The second-order valence-corrected chi connectivity index (χ2v) is 11.6. The molecule has 7 heteroatoms. The number of rotatable bonds is 6. The van der Waals surface area contributed by atoms with Crippen LogP contribution < -0.4 is 4.72 Å². The minimum absolute atomic E-state index is 0.234. The molecule has 0 aliphatic heterocycles. The summed E-state index contributed by atoms with van der Waals surface area (Å²) in [7, 11) is -1.27. The van der Waals surface area contributed by atoms with Gasteiger partial charge in [-0.3, -0.25) is 0 Å². The zero-order valence-electron chi connectivity index (χ0n) is 18.6. The van der Waals surface area contributed by atoms with E-state index in [0.29, 0.717) is 6.42 Å². The molecule has 0 fully saturated rings. The molecule has 0 aliphatic carbocycles. The summed E-state index contributed by atoms with van der Waals surface area (Å²) in [5.74, 6) is 0. The Morgan fingerprint density at radius 3 is 2.56 bits per heavy atom. The zero-order chi connectivity index (χ0) is 22.9. The van der Waals surface area contributed by atoms with Gasteiger partial charge in [-0.05, 0) is 73.0 Å². The van der Waals surface area contributed by atoms with Crippen LogP contribution in [0.3, 0.4) is 0 Å². The van der Waals surface area contributed by atoms with Crippen molar-refractivity contribution in [2.24, 2.45) is 0 Å². The Balaban J connectivity index is 1.83. The highest BCUT2D eigenvalue weighted by Crippen LogP contribution is 2.35. The topological polar surface area (TPSA) is 68.0 Å². The smallest absolute Gasteiger partial charge is 0.167 e. The summed E-state index contributed by atoms with van der Waals surface area (Å²) in [5.41, 5.74) is 5.51. The predicted molar refractivity (Wildman–Crippen MR) is 134 cm³/mol. The minimum atomic E-state index is -1.27. The van der Waals surface area contributed by atoms with Gasteiger partial charge in [-0.2, -0.15) is 0 Å². The first-order valence-electron chi connectivity index (χ1n) is 10.5. The lowest BCUT2D eigenvalue weighted by Crippen LogP contribution is -2.37. The standard InChI is InChI=1S/C25H26BrN3O2S/c1-16-13-14-23(26)27-20(16)15-21(29-32(30)25(2,3)4)17-9-5-6-10-18(17)24-19-11-7-8-12-22(19)31-28-24/h5-14,21,29H,15H2,1-4H3/t21-,32-/m0/s1. The molecule has 1 N–H and O–H groups in total. The van der Waals surface area contributed by atoms with Gasteiger partial charge in [-0.1, -0.05) is 47.6 Å². The number of para-hydroxylation sites is 1. The van der Waals surface area contributed by atoms with Crippen LogP contribution in [-0.2, 0) is 17.4 Å². The van der Waals surface area contributed by atoms with E-state index in [2.05, 4.69) is 31.9 Å². The van der Waals surface area contributed by atoms with Crippen molar-refractivity contribution in [3.05, 3.63) is 82.1 Å². The van der Waals surface area contributed by atoms with Crippen LogP contribution in [0.1, 0.15) is 43.6 Å². The van der Waals surface area contributed by atoms with Crippen LogP contribution in [0, 0.1) is 6.92 Å². The summed E-state index contributed by atoms with van der Waals surface area (Å²) in [6, 6.07) is 19.7. The first-order chi connectivity index (χ1) is 15.2. The third kappa shape index (κ3) is 4.85. The molecule has 2 atom stereocenters. The molecule has 5 nitrogen and oxygen atoms in total. The number of pyridine rings is 1. The fourth-order valence-electron chi connectivity index (χ4n) is 3.56. The average Bonchev–Trinajstić information content (AvgIpc) is 3.19. The fourth-order valence-corrected chi connectivity index (χ4v) is 4.73. The van der Waals surface area contributed by atoms with E-state index in [4.69, 9.17) is 9.51 Å². The highest BCUT2D eigenvalue weighted by Gasteiger charge is 2.27. The normalized spacial score (nSPS) is 13.9. The van der Waals surface area contributed by atoms with Crippen LogP contribution in [-0.4, -0.2) is 19.1 Å². The second-order valence-electron chi connectivity index (χ2n) is 8.77. The van der Waals surface area contributed by atoms with E-state index in [1.165, 1.54) is 0 Å². The molecule has 4 aromatic rings. The number of nitrogens with zero attached hydrogens (tertiary/aromatic N) is 2.